The molecule has 1 amide bonds. The van der Waals surface area contributed by atoms with E-state index in [1.807, 2.05) is 19.3 Å². The molecule has 2 N–H and O–H groups in total. The Hall–Kier alpha value is -2.08. The molecule has 0 spiro atoms. The summed E-state index contributed by atoms with van der Waals surface area (Å²) in [7, 11) is 0. The van der Waals surface area contributed by atoms with Crippen molar-refractivity contribution in [3.05, 3.63) is 29.8 Å². The highest BCUT2D eigenvalue weighted by Gasteiger charge is 2.07. The van der Waals surface area contributed by atoms with E-state index in [2.05, 4.69) is 4.84 Å². The van der Waals surface area contributed by atoms with Crippen LogP contribution in [0.4, 0.5) is 0 Å². The molecular weight excluding hydrogens is 250 g/mol. The van der Waals surface area contributed by atoms with Crippen molar-refractivity contribution in [1.82, 2.24) is 5.48 Å². The molecule has 0 unspecified atom stereocenters. The Labute approximate surface area is 111 Å². The van der Waals surface area contributed by atoms with Crippen LogP contribution in [-0.2, 0) is 9.63 Å². The minimum absolute atomic E-state index is 0.363. The fourth-order valence-electron chi connectivity index (χ4n) is 1.19. The van der Waals surface area contributed by atoms with Crippen molar-refractivity contribution < 1.29 is 24.3 Å². The summed E-state index contributed by atoms with van der Waals surface area (Å²) in [6.07, 6.45) is 0. The molecule has 6 nitrogen and oxygen atoms in total. The van der Waals surface area contributed by atoms with Gasteiger partial charge in [-0.25, -0.2) is 10.3 Å². The summed E-state index contributed by atoms with van der Waals surface area (Å²) in [6, 6.07) is 6.51. The number of aliphatic carboxylic acids is 1. The number of hydrogen-bond acceptors (Lipinski definition) is 4. The maximum absolute atomic E-state index is 11.5. The lowest BCUT2D eigenvalue weighted by atomic mass is 10.2. The zero-order valence-corrected chi connectivity index (χ0v) is 10.9. The van der Waals surface area contributed by atoms with Gasteiger partial charge in [0.1, 0.15) is 5.75 Å². The van der Waals surface area contributed by atoms with Crippen molar-refractivity contribution in [2.24, 2.45) is 5.92 Å². The van der Waals surface area contributed by atoms with Crippen LogP contribution in [0.25, 0.3) is 0 Å². The molecule has 0 radical (unpaired) electrons. The molecular formula is C13H17NO5. The third-order valence-corrected chi connectivity index (χ3v) is 2.06. The highest BCUT2D eigenvalue weighted by Crippen LogP contribution is 2.13. The topological polar surface area (TPSA) is 84.9 Å². The zero-order chi connectivity index (χ0) is 14.3. The van der Waals surface area contributed by atoms with E-state index < -0.39 is 18.5 Å². The minimum Gasteiger partial charge on any atom is -0.493 e. The summed E-state index contributed by atoms with van der Waals surface area (Å²) in [5.74, 6) is -0.557. The van der Waals surface area contributed by atoms with E-state index in [0.29, 0.717) is 23.8 Å². The van der Waals surface area contributed by atoms with Gasteiger partial charge >= 0.3 is 5.97 Å². The van der Waals surface area contributed by atoms with Gasteiger partial charge in [-0.3, -0.25) is 9.63 Å². The summed E-state index contributed by atoms with van der Waals surface area (Å²) in [6.45, 7) is 4.11. The van der Waals surface area contributed by atoms with Gasteiger partial charge in [-0.15, -0.1) is 0 Å². The van der Waals surface area contributed by atoms with Gasteiger partial charge in [0.2, 0.25) is 0 Å². The van der Waals surface area contributed by atoms with Crippen molar-refractivity contribution in [2.75, 3.05) is 13.2 Å². The summed E-state index contributed by atoms with van der Waals surface area (Å²) in [5, 5.41) is 8.34. The van der Waals surface area contributed by atoms with Crippen molar-refractivity contribution >= 4 is 11.9 Å². The molecule has 0 aromatic heterocycles. The van der Waals surface area contributed by atoms with Crippen LogP contribution in [0.15, 0.2) is 24.3 Å². The molecule has 1 aromatic rings. The molecule has 0 saturated carbocycles. The predicted octanol–water partition coefficient (Wildman–Crippen LogP) is 1.47. The summed E-state index contributed by atoms with van der Waals surface area (Å²) in [5.41, 5.74) is 2.40. The predicted molar refractivity (Wildman–Crippen MR) is 67.8 cm³/mol. The second-order valence-corrected chi connectivity index (χ2v) is 4.34. The number of carboxylic acids is 1. The molecule has 19 heavy (non-hydrogen) atoms. The first-order valence-electron chi connectivity index (χ1n) is 5.86. The number of carbonyl (C=O) groups is 2. The lowest BCUT2D eigenvalue weighted by Gasteiger charge is -2.09. The molecule has 0 aliphatic rings. The fraction of sp³-hybridized carbons (Fsp3) is 0.385. The molecule has 0 fully saturated rings. The van der Waals surface area contributed by atoms with E-state index in [9.17, 15) is 9.59 Å². The van der Waals surface area contributed by atoms with Gasteiger partial charge in [0.25, 0.3) is 5.91 Å². The SMILES string of the molecule is CC(C)COc1ccc(C(=O)NOCC(=O)O)cc1. The Morgan fingerprint density at radius 1 is 1.26 bits per heavy atom. The van der Waals surface area contributed by atoms with Gasteiger partial charge < -0.3 is 9.84 Å². The van der Waals surface area contributed by atoms with E-state index in [1.54, 1.807) is 24.3 Å². The number of benzene rings is 1. The van der Waals surface area contributed by atoms with Crippen LogP contribution in [-0.4, -0.2) is 30.2 Å². The molecule has 0 bridgehead atoms. The molecule has 0 atom stereocenters. The number of ether oxygens (including phenoxy) is 1. The third kappa shape index (κ3) is 5.87. The zero-order valence-electron chi connectivity index (χ0n) is 10.9. The second kappa shape index (κ2) is 7.38. The van der Waals surface area contributed by atoms with Gasteiger partial charge in [-0.05, 0) is 30.2 Å². The van der Waals surface area contributed by atoms with E-state index in [-0.39, 0.29) is 0 Å². The number of nitrogens with one attached hydrogen (secondary N) is 1. The first-order chi connectivity index (χ1) is 8.99. The van der Waals surface area contributed by atoms with Crippen LogP contribution in [0.1, 0.15) is 24.2 Å². The third-order valence-electron chi connectivity index (χ3n) is 2.06. The lowest BCUT2D eigenvalue weighted by Crippen LogP contribution is -2.26. The van der Waals surface area contributed by atoms with Crippen LogP contribution < -0.4 is 10.2 Å². The molecule has 0 saturated heterocycles. The summed E-state index contributed by atoms with van der Waals surface area (Å²) in [4.78, 5) is 26.2. The highest BCUT2D eigenvalue weighted by molar-refractivity contribution is 5.93. The number of hydrogen-bond donors (Lipinski definition) is 2. The molecule has 6 heteroatoms. The molecule has 104 valence electrons. The normalized spacial score (nSPS) is 10.3. The second-order valence-electron chi connectivity index (χ2n) is 4.34. The number of hydroxylamine groups is 1. The van der Waals surface area contributed by atoms with Crippen molar-refractivity contribution in [3.63, 3.8) is 0 Å². The standard InChI is InChI=1S/C13H17NO5/c1-9(2)7-18-11-5-3-10(4-6-11)13(17)14-19-8-12(15)16/h3-6,9H,7-8H2,1-2H3,(H,14,17)(H,15,16). The molecule has 0 aliphatic carbocycles. The lowest BCUT2D eigenvalue weighted by molar-refractivity contribution is -0.144. The maximum Gasteiger partial charge on any atom is 0.332 e. The van der Waals surface area contributed by atoms with Crippen LogP contribution in [0.2, 0.25) is 0 Å². The number of rotatable bonds is 7. The van der Waals surface area contributed by atoms with Crippen molar-refractivity contribution in [1.29, 1.82) is 0 Å². The molecule has 0 heterocycles. The molecule has 0 aliphatic heterocycles. The Balaban J connectivity index is 2.46. The monoisotopic (exact) mass is 267 g/mol. The average Bonchev–Trinajstić information content (AvgIpc) is 2.36. The largest absolute Gasteiger partial charge is 0.493 e. The maximum atomic E-state index is 11.5. The van der Waals surface area contributed by atoms with E-state index in [1.165, 1.54) is 0 Å². The first kappa shape index (κ1) is 15.0. The van der Waals surface area contributed by atoms with Crippen LogP contribution >= 0.6 is 0 Å². The smallest absolute Gasteiger partial charge is 0.332 e. The van der Waals surface area contributed by atoms with Crippen molar-refractivity contribution in [3.8, 4) is 5.75 Å². The van der Waals surface area contributed by atoms with Crippen LogP contribution in [0.3, 0.4) is 0 Å². The van der Waals surface area contributed by atoms with E-state index in [0.717, 1.165) is 0 Å². The van der Waals surface area contributed by atoms with Gasteiger partial charge in [0.05, 0.1) is 6.61 Å². The Kier molecular flexibility index (Phi) is 5.81. The van der Waals surface area contributed by atoms with Gasteiger partial charge in [0.15, 0.2) is 6.61 Å². The number of carbonyl (C=O) groups excluding carboxylic acids is 1. The minimum atomic E-state index is -1.15. The summed E-state index contributed by atoms with van der Waals surface area (Å²) >= 11 is 0. The molecule has 1 rings (SSSR count). The molecule has 1 aromatic carbocycles. The summed E-state index contributed by atoms with van der Waals surface area (Å²) < 4.78 is 5.47. The number of carboxylic acid groups (broad SMARTS) is 1. The Morgan fingerprint density at radius 3 is 2.42 bits per heavy atom. The van der Waals surface area contributed by atoms with Gasteiger partial charge in [0, 0.05) is 5.56 Å². The quantitative estimate of drug-likeness (QED) is 0.731. The van der Waals surface area contributed by atoms with Gasteiger partial charge in [-0.1, -0.05) is 13.8 Å². The highest BCUT2D eigenvalue weighted by atomic mass is 16.7. The average molecular weight is 267 g/mol. The number of amides is 1. The fourth-order valence-corrected chi connectivity index (χ4v) is 1.19. The van der Waals surface area contributed by atoms with Crippen LogP contribution in [0.5, 0.6) is 5.75 Å². The van der Waals surface area contributed by atoms with E-state index >= 15 is 0 Å². The van der Waals surface area contributed by atoms with Crippen LogP contribution in [0, 0.1) is 5.92 Å². The van der Waals surface area contributed by atoms with Crippen molar-refractivity contribution in [2.45, 2.75) is 13.8 Å². The Bertz CT molecular complexity index is 427. The van der Waals surface area contributed by atoms with E-state index in [4.69, 9.17) is 9.84 Å². The first-order valence-corrected chi connectivity index (χ1v) is 5.86. The van der Waals surface area contributed by atoms with Gasteiger partial charge in [-0.2, -0.15) is 0 Å². The Morgan fingerprint density at radius 2 is 1.89 bits per heavy atom.